The summed E-state index contributed by atoms with van der Waals surface area (Å²) >= 11 is 5.03. The van der Waals surface area contributed by atoms with E-state index >= 15 is 0 Å². The van der Waals surface area contributed by atoms with Crippen LogP contribution in [0, 0.1) is 0 Å². The van der Waals surface area contributed by atoms with Crippen LogP contribution in [0.1, 0.15) is 5.56 Å². The maximum atomic E-state index is 11.9. The Morgan fingerprint density at radius 3 is 3.16 bits per heavy atom. The molecule has 1 fully saturated rings. The standard InChI is InChI=1S/C12H16N4O2S/c1-14-12(17)9-7-18-6-5-16(9)11-8(10(13)19)3-2-4-15-11/h2-4,9H,5-7H2,1H3,(H2,13,19)(H,14,17). The van der Waals surface area contributed by atoms with Crippen molar-refractivity contribution in [3.05, 3.63) is 23.9 Å². The van der Waals surface area contributed by atoms with Crippen molar-refractivity contribution in [1.29, 1.82) is 0 Å². The Kier molecular flexibility index (Phi) is 4.28. The first-order valence-corrected chi connectivity index (χ1v) is 6.36. The number of morpholine rings is 1. The Hall–Kier alpha value is -1.73. The maximum absolute atomic E-state index is 11.9. The number of nitrogens with one attached hydrogen (secondary N) is 1. The number of anilines is 1. The number of nitrogens with zero attached hydrogens (tertiary/aromatic N) is 2. The minimum Gasteiger partial charge on any atom is -0.389 e. The minimum atomic E-state index is -0.415. The van der Waals surface area contributed by atoms with Crippen molar-refractivity contribution < 1.29 is 9.53 Å². The van der Waals surface area contributed by atoms with Gasteiger partial charge in [0.25, 0.3) is 0 Å². The number of carbonyl (C=O) groups is 1. The molecule has 1 saturated heterocycles. The van der Waals surface area contributed by atoms with Crippen molar-refractivity contribution in [1.82, 2.24) is 10.3 Å². The Labute approximate surface area is 116 Å². The zero-order chi connectivity index (χ0) is 13.8. The van der Waals surface area contributed by atoms with Crippen molar-refractivity contribution in [2.24, 2.45) is 5.73 Å². The van der Waals surface area contributed by atoms with Crippen LogP contribution in [0.3, 0.4) is 0 Å². The third-order valence-corrected chi connectivity index (χ3v) is 3.22. The highest BCUT2D eigenvalue weighted by atomic mass is 32.1. The molecule has 0 spiro atoms. The van der Waals surface area contributed by atoms with Gasteiger partial charge in [-0.3, -0.25) is 4.79 Å². The van der Waals surface area contributed by atoms with Gasteiger partial charge in [0.2, 0.25) is 5.91 Å². The van der Waals surface area contributed by atoms with E-state index in [9.17, 15) is 4.79 Å². The van der Waals surface area contributed by atoms with Crippen LogP contribution < -0.4 is 16.0 Å². The molecule has 1 aliphatic rings. The van der Waals surface area contributed by atoms with Crippen LogP contribution in [-0.4, -0.2) is 48.7 Å². The molecule has 0 aromatic carbocycles. The normalized spacial score (nSPS) is 19.0. The van der Waals surface area contributed by atoms with E-state index in [1.807, 2.05) is 4.90 Å². The molecule has 1 aromatic heterocycles. The summed E-state index contributed by atoms with van der Waals surface area (Å²) in [4.78, 5) is 18.4. The molecule has 1 aromatic rings. The van der Waals surface area contributed by atoms with Crippen LogP contribution in [0.5, 0.6) is 0 Å². The molecule has 1 atom stereocenters. The number of rotatable bonds is 3. The number of pyridine rings is 1. The van der Waals surface area contributed by atoms with Gasteiger partial charge in [0.05, 0.1) is 18.8 Å². The quantitative estimate of drug-likeness (QED) is 0.738. The molecule has 102 valence electrons. The van der Waals surface area contributed by atoms with Crippen molar-refractivity contribution in [3.63, 3.8) is 0 Å². The van der Waals surface area contributed by atoms with Gasteiger partial charge in [0.1, 0.15) is 16.8 Å². The van der Waals surface area contributed by atoms with E-state index < -0.39 is 6.04 Å². The molecule has 1 amide bonds. The van der Waals surface area contributed by atoms with E-state index in [1.165, 1.54) is 0 Å². The van der Waals surface area contributed by atoms with Gasteiger partial charge in [0.15, 0.2) is 0 Å². The van der Waals surface area contributed by atoms with Gasteiger partial charge in [-0.2, -0.15) is 0 Å². The highest BCUT2D eigenvalue weighted by Crippen LogP contribution is 2.21. The third kappa shape index (κ3) is 2.82. The first-order valence-electron chi connectivity index (χ1n) is 5.96. The number of ether oxygens (including phenoxy) is 1. The van der Waals surface area contributed by atoms with Gasteiger partial charge in [-0.1, -0.05) is 12.2 Å². The predicted molar refractivity (Wildman–Crippen MR) is 76.1 cm³/mol. The zero-order valence-corrected chi connectivity index (χ0v) is 11.4. The molecular formula is C12H16N4O2S. The van der Waals surface area contributed by atoms with Gasteiger partial charge in [-0.15, -0.1) is 0 Å². The lowest BCUT2D eigenvalue weighted by Gasteiger charge is -2.36. The fraction of sp³-hybridized carbons (Fsp3) is 0.417. The van der Waals surface area contributed by atoms with E-state index in [0.717, 1.165) is 0 Å². The molecule has 0 aliphatic carbocycles. The van der Waals surface area contributed by atoms with Crippen LogP contribution in [0.25, 0.3) is 0 Å². The van der Waals surface area contributed by atoms with Crippen molar-refractivity contribution in [2.75, 3.05) is 31.7 Å². The van der Waals surface area contributed by atoms with Gasteiger partial charge >= 0.3 is 0 Å². The summed E-state index contributed by atoms with van der Waals surface area (Å²) in [5, 5.41) is 2.63. The molecule has 0 saturated carbocycles. The van der Waals surface area contributed by atoms with Crippen molar-refractivity contribution >= 4 is 28.9 Å². The average molecular weight is 280 g/mol. The largest absolute Gasteiger partial charge is 0.389 e. The smallest absolute Gasteiger partial charge is 0.244 e. The van der Waals surface area contributed by atoms with Crippen LogP contribution in [0.2, 0.25) is 0 Å². The maximum Gasteiger partial charge on any atom is 0.244 e. The Morgan fingerprint density at radius 2 is 2.47 bits per heavy atom. The summed E-state index contributed by atoms with van der Waals surface area (Å²) in [6.45, 7) is 1.44. The Balaban J connectivity index is 2.37. The van der Waals surface area contributed by atoms with Crippen molar-refractivity contribution in [2.45, 2.75) is 6.04 Å². The average Bonchev–Trinajstić information content (AvgIpc) is 2.46. The number of nitrogens with two attached hydrogens (primary N) is 1. The van der Waals surface area contributed by atoms with E-state index in [1.54, 1.807) is 25.4 Å². The number of thiocarbonyl (C=S) groups is 1. The first kappa shape index (κ1) is 13.7. The van der Waals surface area contributed by atoms with Gasteiger partial charge < -0.3 is 20.7 Å². The lowest BCUT2D eigenvalue weighted by Crippen LogP contribution is -2.54. The highest BCUT2D eigenvalue weighted by molar-refractivity contribution is 7.80. The summed E-state index contributed by atoms with van der Waals surface area (Å²) in [6.07, 6.45) is 1.66. The second-order valence-electron chi connectivity index (χ2n) is 4.14. The zero-order valence-electron chi connectivity index (χ0n) is 10.6. The molecule has 7 heteroatoms. The van der Waals surface area contributed by atoms with Crippen LogP contribution >= 0.6 is 12.2 Å². The second-order valence-corrected chi connectivity index (χ2v) is 4.58. The molecule has 2 heterocycles. The molecular weight excluding hydrogens is 264 g/mol. The lowest BCUT2D eigenvalue weighted by atomic mass is 10.1. The fourth-order valence-corrected chi connectivity index (χ4v) is 2.22. The topological polar surface area (TPSA) is 80.5 Å². The molecule has 1 aliphatic heterocycles. The third-order valence-electron chi connectivity index (χ3n) is 3.00. The van der Waals surface area contributed by atoms with Crippen LogP contribution in [0.15, 0.2) is 18.3 Å². The lowest BCUT2D eigenvalue weighted by molar-refractivity contribution is -0.124. The van der Waals surface area contributed by atoms with Gasteiger partial charge in [0, 0.05) is 19.8 Å². The summed E-state index contributed by atoms with van der Waals surface area (Å²) < 4.78 is 5.36. The predicted octanol–water partition coefficient (Wildman–Crippen LogP) is -0.333. The van der Waals surface area contributed by atoms with Gasteiger partial charge in [-0.05, 0) is 12.1 Å². The first-order chi connectivity index (χ1) is 9.15. The van der Waals surface area contributed by atoms with Crippen molar-refractivity contribution in [3.8, 4) is 0 Å². The number of hydrogen-bond acceptors (Lipinski definition) is 5. The SMILES string of the molecule is CNC(=O)C1COCCN1c1ncccc1C(N)=S. The highest BCUT2D eigenvalue weighted by Gasteiger charge is 2.31. The number of hydrogen-bond donors (Lipinski definition) is 2. The summed E-state index contributed by atoms with van der Waals surface area (Å²) in [7, 11) is 1.60. The molecule has 0 radical (unpaired) electrons. The summed E-state index contributed by atoms with van der Waals surface area (Å²) in [5.41, 5.74) is 6.38. The molecule has 2 rings (SSSR count). The second kappa shape index (κ2) is 5.94. The molecule has 6 nitrogen and oxygen atoms in total. The molecule has 0 bridgehead atoms. The van der Waals surface area contributed by atoms with E-state index in [2.05, 4.69) is 10.3 Å². The summed E-state index contributed by atoms with van der Waals surface area (Å²) in [6, 6.07) is 3.16. The van der Waals surface area contributed by atoms with E-state index in [4.69, 9.17) is 22.7 Å². The van der Waals surface area contributed by atoms with Crippen LogP contribution in [-0.2, 0) is 9.53 Å². The number of likely N-dealkylation sites (N-methyl/N-ethyl adjacent to an activating group) is 1. The summed E-state index contributed by atoms with van der Waals surface area (Å²) in [5.74, 6) is 0.520. The monoisotopic (exact) mass is 280 g/mol. The van der Waals surface area contributed by atoms with E-state index in [-0.39, 0.29) is 10.9 Å². The number of aromatic nitrogens is 1. The minimum absolute atomic E-state index is 0.112. The molecule has 1 unspecified atom stereocenters. The Morgan fingerprint density at radius 1 is 1.68 bits per heavy atom. The van der Waals surface area contributed by atoms with E-state index in [0.29, 0.717) is 31.1 Å². The van der Waals surface area contributed by atoms with Gasteiger partial charge in [-0.25, -0.2) is 4.98 Å². The number of carbonyl (C=O) groups excluding carboxylic acids is 1. The van der Waals surface area contributed by atoms with Crippen LogP contribution in [0.4, 0.5) is 5.82 Å². The fourth-order valence-electron chi connectivity index (χ4n) is 2.06. The number of amides is 1. The molecule has 19 heavy (non-hydrogen) atoms. The Bertz CT molecular complexity index is 494. The molecule has 3 N–H and O–H groups in total.